The first-order chi connectivity index (χ1) is 10.6. The van der Waals surface area contributed by atoms with Crippen molar-refractivity contribution in [2.45, 2.75) is 13.8 Å². The number of nitrogens with one attached hydrogen (secondary N) is 1. The molecule has 1 aromatic carbocycles. The molecule has 5 nitrogen and oxygen atoms in total. The number of aromatic nitrogens is 2. The van der Waals surface area contributed by atoms with Gasteiger partial charge in [0.15, 0.2) is 11.6 Å². The first-order valence-corrected chi connectivity index (χ1v) is 7.33. The van der Waals surface area contributed by atoms with E-state index in [1.807, 2.05) is 36.9 Å². The van der Waals surface area contributed by atoms with Crippen LogP contribution >= 0.6 is 0 Å². The van der Waals surface area contributed by atoms with E-state index >= 15 is 0 Å². The molecule has 2 heterocycles. The van der Waals surface area contributed by atoms with E-state index in [-0.39, 0.29) is 0 Å². The van der Waals surface area contributed by atoms with E-state index < -0.39 is 5.82 Å². The Balaban J connectivity index is 1.86. The summed E-state index contributed by atoms with van der Waals surface area (Å²) in [6.45, 7) is 6.48. The van der Waals surface area contributed by atoms with Gasteiger partial charge in [-0.05, 0) is 31.0 Å². The molecule has 0 bridgehead atoms. The van der Waals surface area contributed by atoms with Crippen molar-refractivity contribution >= 4 is 17.5 Å². The minimum atomic E-state index is -0.409. The molecule has 0 saturated carbocycles. The summed E-state index contributed by atoms with van der Waals surface area (Å²) < 4.78 is 19.3. The third-order valence-corrected chi connectivity index (χ3v) is 3.68. The highest BCUT2D eigenvalue weighted by atomic mass is 19.1. The number of hydrogen-bond donors (Lipinski definition) is 1. The lowest BCUT2D eigenvalue weighted by Gasteiger charge is -2.28. The lowest BCUT2D eigenvalue weighted by atomic mass is 10.1. The van der Waals surface area contributed by atoms with Crippen LogP contribution in [0.1, 0.15) is 11.1 Å². The van der Waals surface area contributed by atoms with E-state index in [1.165, 1.54) is 6.20 Å². The second-order valence-corrected chi connectivity index (χ2v) is 5.41. The van der Waals surface area contributed by atoms with Crippen LogP contribution in [-0.2, 0) is 4.74 Å². The van der Waals surface area contributed by atoms with Gasteiger partial charge >= 0.3 is 0 Å². The van der Waals surface area contributed by atoms with Crippen LogP contribution in [0, 0.1) is 19.7 Å². The van der Waals surface area contributed by atoms with Gasteiger partial charge in [0, 0.05) is 18.8 Å². The molecule has 0 spiro atoms. The fourth-order valence-corrected chi connectivity index (χ4v) is 2.41. The largest absolute Gasteiger partial charge is 0.378 e. The third kappa shape index (κ3) is 3.17. The van der Waals surface area contributed by atoms with Crippen LogP contribution in [0.25, 0.3) is 0 Å². The quantitative estimate of drug-likeness (QED) is 0.945. The lowest BCUT2D eigenvalue weighted by molar-refractivity contribution is 0.122. The Morgan fingerprint density at radius 3 is 2.77 bits per heavy atom. The second kappa shape index (κ2) is 6.27. The van der Waals surface area contributed by atoms with Gasteiger partial charge < -0.3 is 15.0 Å². The van der Waals surface area contributed by atoms with Crippen LogP contribution in [0.15, 0.2) is 24.4 Å². The molecular formula is C16H19FN4O. The molecule has 22 heavy (non-hydrogen) atoms. The first-order valence-electron chi connectivity index (χ1n) is 7.33. The lowest BCUT2D eigenvalue weighted by Crippen LogP contribution is -2.37. The van der Waals surface area contributed by atoms with Crippen molar-refractivity contribution < 1.29 is 9.13 Å². The van der Waals surface area contributed by atoms with Crippen molar-refractivity contribution in [2.75, 3.05) is 36.5 Å². The van der Waals surface area contributed by atoms with E-state index in [9.17, 15) is 4.39 Å². The van der Waals surface area contributed by atoms with Crippen molar-refractivity contribution in [2.24, 2.45) is 0 Å². The smallest absolute Gasteiger partial charge is 0.229 e. The zero-order chi connectivity index (χ0) is 15.5. The van der Waals surface area contributed by atoms with Gasteiger partial charge in [-0.1, -0.05) is 12.1 Å². The molecule has 0 aliphatic carbocycles. The maximum absolute atomic E-state index is 14.0. The molecule has 1 fully saturated rings. The Morgan fingerprint density at radius 1 is 1.23 bits per heavy atom. The average Bonchev–Trinajstić information content (AvgIpc) is 2.53. The number of morpholine rings is 1. The summed E-state index contributed by atoms with van der Waals surface area (Å²) in [4.78, 5) is 10.3. The van der Waals surface area contributed by atoms with Crippen molar-refractivity contribution in [1.29, 1.82) is 0 Å². The normalized spacial score (nSPS) is 15.0. The average molecular weight is 302 g/mol. The van der Waals surface area contributed by atoms with Crippen LogP contribution in [0.2, 0.25) is 0 Å². The number of halogens is 1. The van der Waals surface area contributed by atoms with E-state index in [4.69, 9.17) is 4.74 Å². The molecule has 1 aliphatic rings. The number of hydrogen-bond acceptors (Lipinski definition) is 5. The monoisotopic (exact) mass is 302 g/mol. The highest BCUT2D eigenvalue weighted by Crippen LogP contribution is 2.23. The SMILES string of the molecule is Cc1ccc(C)c(Nc2ncc(F)c(N3CCOCC3)n2)c1. The van der Waals surface area contributed by atoms with Crippen LogP contribution < -0.4 is 10.2 Å². The molecule has 0 amide bonds. The molecule has 1 saturated heterocycles. The predicted octanol–water partition coefficient (Wildman–Crippen LogP) is 2.81. The standard InChI is InChI=1S/C16H19FN4O/c1-11-3-4-12(2)14(9-11)19-16-18-10-13(17)15(20-16)21-5-7-22-8-6-21/h3-4,9-10H,5-8H2,1-2H3,(H,18,19,20). The molecular weight excluding hydrogens is 283 g/mol. The Hall–Kier alpha value is -2.21. The topological polar surface area (TPSA) is 50.3 Å². The Labute approximate surface area is 129 Å². The number of aryl methyl sites for hydroxylation is 2. The van der Waals surface area contributed by atoms with Crippen molar-refractivity contribution in [1.82, 2.24) is 9.97 Å². The van der Waals surface area contributed by atoms with Gasteiger partial charge in [-0.2, -0.15) is 4.98 Å². The van der Waals surface area contributed by atoms with E-state index in [0.29, 0.717) is 38.1 Å². The van der Waals surface area contributed by atoms with Gasteiger partial charge in [-0.25, -0.2) is 9.37 Å². The van der Waals surface area contributed by atoms with Gasteiger partial charge in [-0.3, -0.25) is 0 Å². The summed E-state index contributed by atoms with van der Waals surface area (Å²) in [5, 5.41) is 3.17. The minimum Gasteiger partial charge on any atom is -0.378 e. The first kappa shape index (κ1) is 14.7. The van der Waals surface area contributed by atoms with Gasteiger partial charge in [-0.15, -0.1) is 0 Å². The second-order valence-electron chi connectivity index (χ2n) is 5.41. The predicted molar refractivity (Wildman–Crippen MR) is 84.2 cm³/mol. The number of anilines is 3. The van der Waals surface area contributed by atoms with Gasteiger partial charge in [0.25, 0.3) is 0 Å². The number of benzene rings is 1. The highest BCUT2D eigenvalue weighted by Gasteiger charge is 2.18. The highest BCUT2D eigenvalue weighted by molar-refractivity contribution is 5.60. The number of rotatable bonds is 3. The van der Waals surface area contributed by atoms with Crippen LogP contribution in [0.3, 0.4) is 0 Å². The van der Waals surface area contributed by atoms with Crippen molar-refractivity contribution in [3.63, 3.8) is 0 Å². The van der Waals surface area contributed by atoms with Crippen molar-refractivity contribution in [3.05, 3.63) is 41.3 Å². The third-order valence-electron chi connectivity index (χ3n) is 3.68. The molecule has 1 aromatic heterocycles. The van der Waals surface area contributed by atoms with E-state index in [1.54, 1.807) is 0 Å². The Bertz CT molecular complexity index is 671. The zero-order valence-electron chi connectivity index (χ0n) is 12.8. The number of ether oxygens (including phenoxy) is 1. The summed E-state index contributed by atoms with van der Waals surface area (Å²) in [5.74, 6) is 0.316. The fraction of sp³-hybridized carbons (Fsp3) is 0.375. The maximum Gasteiger partial charge on any atom is 0.229 e. The molecule has 6 heteroatoms. The minimum absolute atomic E-state index is 0.325. The Morgan fingerprint density at radius 2 is 2.00 bits per heavy atom. The molecule has 0 unspecified atom stereocenters. The molecule has 2 aromatic rings. The maximum atomic E-state index is 14.0. The molecule has 0 radical (unpaired) electrons. The van der Waals surface area contributed by atoms with Gasteiger partial charge in [0.1, 0.15) is 0 Å². The summed E-state index contributed by atoms with van der Waals surface area (Å²) in [6, 6.07) is 6.10. The fourth-order valence-electron chi connectivity index (χ4n) is 2.41. The molecule has 0 atom stereocenters. The van der Waals surface area contributed by atoms with Crippen molar-refractivity contribution in [3.8, 4) is 0 Å². The van der Waals surface area contributed by atoms with Crippen LogP contribution in [0.4, 0.5) is 21.8 Å². The summed E-state index contributed by atoms with van der Waals surface area (Å²) >= 11 is 0. The van der Waals surface area contributed by atoms with Crippen LogP contribution in [-0.4, -0.2) is 36.3 Å². The molecule has 3 rings (SSSR count). The molecule has 1 aliphatic heterocycles. The zero-order valence-corrected chi connectivity index (χ0v) is 12.8. The summed E-state index contributed by atoms with van der Waals surface area (Å²) in [7, 11) is 0. The van der Waals surface area contributed by atoms with Gasteiger partial charge in [0.2, 0.25) is 5.95 Å². The Kier molecular flexibility index (Phi) is 4.20. The summed E-state index contributed by atoms with van der Waals surface area (Å²) in [5.41, 5.74) is 3.16. The van der Waals surface area contributed by atoms with Crippen LogP contribution in [0.5, 0.6) is 0 Å². The summed E-state index contributed by atoms with van der Waals surface area (Å²) in [6.07, 6.45) is 1.21. The van der Waals surface area contributed by atoms with E-state index in [0.717, 1.165) is 16.8 Å². The van der Waals surface area contributed by atoms with Gasteiger partial charge in [0.05, 0.1) is 19.4 Å². The molecule has 1 N–H and O–H groups in total. The van der Waals surface area contributed by atoms with E-state index in [2.05, 4.69) is 15.3 Å². The number of nitrogens with zero attached hydrogens (tertiary/aromatic N) is 3. The molecule has 116 valence electrons.